The van der Waals surface area contributed by atoms with E-state index in [1.165, 1.54) is 11.3 Å². The molecule has 0 saturated carbocycles. The number of carbonyl (C=O) groups is 1. The largest absolute Gasteiger partial charge is 0.495 e. The van der Waals surface area contributed by atoms with Gasteiger partial charge in [-0.2, -0.15) is 0 Å². The molecule has 1 atom stereocenters. The van der Waals surface area contributed by atoms with Gasteiger partial charge in [0.15, 0.2) is 0 Å². The number of carbonyl (C=O) groups excluding carboxylic acids is 1. The van der Waals surface area contributed by atoms with Gasteiger partial charge in [-0.25, -0.2) is 0 Å². The van der Waals surface area contributed by atoms with Crippen molar-refractivity contribution in [2.75, 3.05) is 26.7 Å². The molecule has 1 unspecified atom stereocenters. The molecule has 106 valence electrons. The van der Waals surface area contributed by atoms with Crippen LogP contribution in [0, 0.1) is 0 Å². The lowest BCUT2D eigenvalue weighted by Crippen LogP contribution is -2.48. The van der Waals surface area contributed by atoms with Gasteiger partial charge in [0, 0.05) is 19.1 Å². The van der Waals surface area contributed by atoms with Gasteiger partial charge in [0.05, 0.1) is 7.11 Å². The van der Waals surface area contributed by atoms with Gasteiger partial charge >= 0.3 is 0 Å². The first-order valence-electron chi connectivity index (χ1n) is 6.91. The van der Waals surface area contributed by atoms with E-state index in [9.17, 15) is 4.79 Å². The molecule has 19 heavy (non-hydrogen) atoms. The van der Waals surface area contributed by atoms with Gasteiger partial charge in [-0.05, 0) is 37.3 Å². The fourth-order valence-electron chi connectivity index (χ4n) is 2.53. The van der Waals surface area contributed by atoms with Crippen molar-refractivity contribution in [3.05, 3.63) is 16.3 Å². The minimum Gasteiger partial charge on any atom is -0.495 e. The Balaban J connectivity index is 2.15. The third kappa shape index (κ3) is 3.28. The molecular formula is C14H22N2O2S. The van der Waals surface area contributed by atoms with Crippen LogP contribution in [-0.2, 0) is 0 Å². The molecule has 1 N–H and O–H groups in total. The van der Waals surface area contributed by atoms with E-state index in [1.807, 2.05) is 16.3 Å². The van der Waals surface area contributed by atoms with E-state index in [0.29, 0.717) is 11.8 Å². The van der Waals surface area contributed by atoms with Crippen LogP contribution < -0.4 is 10.1 Å². The molecule has 1 saturated heterocycles. The lowest BCUT2D eigenvalue weighted by molar-refractivity contribution is 0.0651. The van der Waals surface area contributed by atoms with Crippen molar-refractivity contribution in [2.45, 2.75) is 32.2 Å². The molecule has 0 aliphatic carbocycles. The summed E-state index contributed by atoms with van der Waals surface area (Å²) < 4.78 is 5.27. The van der Waals surface area contributed by atoms with E-state index in [2.05, 4.69) is 12.2 Å². The molecule has 0 radical (unpaired) electrons. The number of nitrogens with one attached hydrogen (secondary N) is 1. The van der Waals surface area contributed by atoms with Crippen LogP contribution in [0.1, 0.15) is 35.9 Å². The summed E-state index contributed by atoms with van der Waals surface area (Å²) in [7, 11) is 1.62. The number of thiophene rings is 1. The lowest BCUT2D eigenvalue weighted by atomic mass is 10.1. The maximum atomic E-state index is 12.7. The number of piperidine rings is 1. The van der Waals surface area contributed by atoms with Crippen molar-refractivity contribution >= 4 is 17.2 Å². The normalized spacial score (nSPS) is 19.2. The predicted molar refractivity (Wildman–Crippen MR) is 78.1 cm³/mol. The highest BCUT2D eigenvalue weighted by atomic mass is 32.1. The first-order valence-corrected chi connectivity index (χ1v) is 7.79. The molecular weight excluding hydrogens is 260 g/mol. The Hall–Kier alpha value is -1.07. The maximum absolute atomic E-state index is 12.7. The summed E-state index contributed by atoms with van der Waals surface area (Å²) in [5, 5.41) is 5.29. The predicted octanol–water partition coefficient (Wildman–Crippen LogP) is 2.36. The number of ether oxygens (including phenoxy) is 1. The van der Waals surface area contributed by atoms with Crippen molar-refractivity contribution in [2.24, 2.45) is 0 Å². The third-order valence-electron chi connectivity index (χ3n) is 3.48. The van der Waals surface area contributed by atoms with E-state index in [-0.39, 0.29) is 5.91 Å². The highest BCUT2D eigenvalue weighted by Crippen LogP contribution is 2.27. The maximum Gasteiger partial charge on any atom is 0.268 e. The van der Waals surface area contributed by atoms with Crippen LogP contribution in [0.3, 0.4) is 0 Å². The number of rotatable bonds is 5. The van der Waals surface area contributed by atoms with Gasteiger partial charge in [0.25, 0.3) is 5.91 Å². The summed E-state index contributed by atoms with van der Waals surface area (Å²) in [5.74, 6) is 0.808. The van der Waals surface area contributed by atoms with Crippen molar-refractivity contribution in [1.82, 2.24) is 10.2 Å². The molecule has 1 amide bonds. The standard InChI is InChI=1S/C14H22N2O2S/c1-3-8-16(11-5-4-7-15-10-11)14(17)13-12(18-2)6-9-19-13/h6,9,11,15H,3-5,7-8,10H2,1-2H3. The molecule has 1 aliphatic rings. The molecule has 4 nitrogen and oxygen atoms in total. The topological polar surface area (TPSA) is 41.6 Å². The molecule has 0 bridgehead atoms. The average molecular weight is 282 g/mol. The number of hydrogen-bond acceptors (Lipinski definition) is 4. The molecule has 1 fully saturated rings. The summed E-state index contributed by atoms with van der Waals surface area (Å²) in [6, 6.07) is 2.18. The number of hydrogen-bond donors (Lipinski definition) is 1. The van der Waals surface area contributed by atoms with Gasteiger partial charge in [-0.3, -0.25) is 4.79 Å². The monoisotopic (exact) mass is 282 g/mol. The SMILES string of the molecule is CCCN(C(=O)c1sccc1OC)C1CCCNC1. The Morgan fingerprint density at radius 2 is 2.47 bits per heavy atom. The molecule has 0 spiro atoms. The fourth-order valence-corrected chi connectivity index (χ4v) is 3.35. The highest BCUT2D eigenvalue weighted by Gasteiger charge is 2.27. The van der Waals surface area contributed by atoms with E-state index < -0.39 is 0 Å². The van der Waals surface area contributed by atoms with Gasteiger partial charge in [-0.1, -0.05) is 6.92 Å². The zero-order valence-electron chi connectivity index (χ0n) is 11.6. The molecule has 2 heterocycles. The fraction of sp³-hybridized carbons (Fsp3) is 0.643. The van der Waals surface area contributed by atoms with Crippen molar-refractivity contribution < 1.29 is 9.53 Å². The van der Waals surface area contributed by atoms with Gasteiger partial charge in [0.1, 0.15) is 10.6 Å². The van der Waals surface area contributed by atoms with Crippen molar-refractivity contribution in [1.29, 1.82) is 0 Å². The molecule has 1 aromatic rings. The van der Waals surface area contributed by atoms with Gasteiger partial charge in [-0.15, -0.1) is 11.3 Å². The molecule has 5 heteroatoms. The Kier molecular flexibility index (Phi) is 5.22. The van der Waals surface area contributed by atoms with Crippen LogP contribution in [0.4, 0.5) is 0 Å². The lowest BCUT2D eigenvalue weighted by Gasteiger charge is -2.34. The second kappa shape index (κ2) is 6.91. The Labute approximate surface area is 118 Å². The quantitative estimate of drug-likeness (QED) is 0.901. The number of methoxy groups -OCH3 is 1. The Morgan fingerprint density at radius 3 is 3.11 bits per heavy atom. The van der Waals surface area contributed by atoms with E-state index in [0.717, 1.165) is 43.8 Å². The van der Waals surface area contributed by atoms with Crippen molar-refractivity contribution in [3.8, 4) is 5.75 Å². The minimum atomic E-state index is 0.113. The molecule has 1 aliphatic heterocycles. The van der Waals surface area contributed by atoms with E-state index in [1.54, 1.807) is 7.11 Å². The minimum absolute atomic E-state index is 0.113. The summed E-state index contributed by atoms with van der Waals surface area (Å²) in [6.45, 7) is 4.89. The first kappa shape index (κ1) is 14.3. The summed E-state index contributed by atoms with van der Waals surface area (Å²) in [6.07, 6.45) is 3.21. The summed E-state index contributed by atoms with van der Waals surface area (Å²) >= 11 is 1.46. The number of amides is 1. The van der Waals surface area contributed by atoms with Gasteiger partial charge in [0.2, 0.25) is 0 Å². The molecule has 2 rings (SSSR count). The second-order valence-corrected chi connectivity index (χ2v) is 5.73. The van der Waals surface area contributed by atoms with Crippen LogP contribution >= 0.6 is 11.3 Å². The Morgan fingerprint density at radius 1 is 1.63 bits per heavy atom. The third-order valence-corrected chi connectivity index (χ3v) is 4.36. The summed E-state index contributed by atoms with van der Waals surface area (Å²) in [5.41, 5.74) is 0. The van der Waals surface area contributed by atoms with Gasteiger partial charge < -0.3 is 15.0 Å². The number of nitrogens with zero attached hydrogens (tertiary/aromatic N) is 1. The smallest absolute Gasteiger partial charge is 0.268 e. The molecule has 0 aromatic carbocycles. The summed E-state index contributed by atoms with van der Waals surface area (Å²) in [4.78, 5) is 15.4. The van der Waals surface area contributed by atoms with Crippen LogP contribution in [0.15, 0.2) is 11.4 Å². The van der Waals surface area contributed by atoms with E-state index >= 15 is 0 Å². The zero-order valence-corrected chi connectivity index (χ0v) is 12.5. The van der Waals surface area contributed by atoms with E-state index in [4.69, 9.17) is 4.74 Å². The average Bonchev–Trinajstić information content (AvgIpc) is 2.93. The second-order valence-electron chi connectivity index (χ2n) is 4.82. The molecule has 1 aromatic heterocycles. The highest BCUT2D eigenvalue weighted by molar-refractivity contribution is 7.12. The Bertz CT molecular complexity index is 413. The zero-order chi connectivity index (χ0) is 13.7. The first-order chi connectivity index (χ1) is 9.27. The van der Waals surface area contributed by atoms with Crippen LogP contribution in [0.25, 0.3) is 0 Å². The van der Waals surface area contributed by atoms with Crippen LogP contribution in [0.2, 0.25) is 0 Å². The van der Waals surface area contributed by atoms with Crippen molar-refractivity contribution in [3.63, 3.8) is 0 Å². The van der Waals surface area contributed by atoms with Crippen LogP contribution in [-0.4, -0.2) is 43.6 Å². The van der Waals surface area contributed by atoms with Crippen LogP contribution in [0.5, 0.6) is 5.75 Å².